The lowest BCUT2D eigenvalue weighted by Gasteiger charge is -2.23. The Labute approximate surface area is 146 Å². The molecule has 1 heterocycles. The molecule has 0 aliphatic rings. The van der Waals surface area contributed by atoms with Gasteiger partial charge in [0.25, 0.3) is 0 Å². The first kappa shape index (κ1) is 19.2. The summed E-state index contributed by atoms with van der Waals surface area (Å²) in [4.78, 5) is 28.2. The summed E-state index contributed by atoms with van der Waals surface area (Å²) >= 11 is 0.841. The summed E-state index contributed by atoms with van der Waals surface area (Å²) in [5.41, 5.74) is -0.403. The van der Waals surface area contributed by atoms with Gasteiger partial charge in [-0.3, -0.25) is 9.59 Å². The second-order valence-corrected chi connectivity index (χ2v) is 7.08. The quantitative estimate of drug-likeness (QED) is 0.753. The molecule has 0 bridgehead atoms. The molecule has 136 valence electrons. The Kier molecular flexibility index (Phi) is 5.99. The molecule has 0 atom stereocenters. The Hall–Kier alpha value is -2.16. The number of fused-ring (bicyclic) bond motifs is 1. The largest absolute Gasteiger partial charge is 0.481 e. The van der Waals surface area contributed by atoms with E-state index >= 15 is 0 Å². The zero-order chi connectivity index (χ0) is 18.7. The van der Waals surface area contributed by atoms with Crippen molar-refractivity contribution in [1.82, 2.24) is 9.88 Å². The number of carboxylic acids is 1. The van der Waals surface area contributed by atoms with Crippen LogP contribution in [0.3, 0.4) is 0 Å². The van der Waals surface area contributed by atoms with Gasteiger partial charge in [-0.25, -0.2) is 18.2 Å². The van der Waals surface area contributed by atoms with Gasteiger partial charge in [-0.05, 0) is 5.92 Å². The molecule has 1 aromatic carbocycles. The van der Waals surface area contributed by atoms with E-state index in [1.807, 2.05) is 13.8 Å². The summed E-state index contributed by atoms with van der Waals surface area (Å²) in [5, 5.41) is 8.95. The maximum absolute atomic E-state index is 13.8. The third-order valence-corrected chi connectivity index (χ3v) is 4.42. The molecule has 0 saturated heterocycles. The maximum Gasteiger partial charge on any atom is 0.303 e. The molecular formula is C16H17F3N2O3S. The van der Waals surface area contributed by atoms with Gasteiger partial charge < -0.3 is 10.0 Å². The monoisotopic (exact) mass is 374 g/mol. The molecule has 0 aliphatic heterocycles. The van der Waals surface area contributed by atoms with Crippen molar-refractivity contribution in [1.29, 1.82) is 0 Å². The molecule has 2 rings (SSSR count). The minimum atomic E-state index is -1.32. The normalized spacial score (nSPS) is 11.3. The number of nitrogens with zero attached hydrogens (tertiary/aromatic N) is 2. The summed E-state index contributed by atoms with van der Waals surface area (Å²) in [6, 6.07) is 0.462. The Bertz CT molecular complexity index is 808. The van der Waals surface area contributed by atoms with Crippen LogP contribution in [0.25, 0.3) is 10.2 Å². The molecule has 0 spiro atoms. The topological polar surface area (TPSA) is 70.5 Å². The molecular weight excluding hydrogens is 357 g/mol. The van der Waals surface area contributed by atoms with Crippen molar-refractivity contribution in [2.75, 3.05) is 6.54 Å². The van der Waals surface area contributed by atoms with E-state index in [-0.39, 0.29) is 40.9 Å². The van der Waals surface area contributed by atoms with Crippen LogP contribution < -0.4 is 0 Å². The second-order valence-electron chi connectivity index (χ2n) is 6.00. The van der Waals surface area contributed by atoms with Crippen LogP contribution in [-0.2, 0) is 16.1 Å². The molecule has 0 saturated carbocycles. The summed E-state index contributed by atoms with van der Waals surface area (Å²) in [7, 11) is 0. The number of carboxylic acid groups (broad SMARTS) is 1. The van der Waals surface area contributed by atoms with Crippen molar-refractivity contribution in [2.45, 2.75) is 33.2 Å². The number of carbonyl (C=O) groups is 2. The number of amides is 1. The maximum atomic E-state index is 13.8. The number of hydrogen-bond acceptors (Lipinski definition) is 4. The molecule has 0 fully saturated rings. The fraction of sp³-hybridized carbons (Fsp3) is 0.438. The van der Waals surface area contributed by atoms with Crippen LogP contribution in [0.5, 0.6) is 0 Å². The van der Waals surface area contributed by atoms with Crippen LogP contribution in [0.15, 0.2) is 6.07 Å². The van der Waals surface area contributed by atoms with Crippen LogP contribution in [-0.4, -0.2) is 33.4 Å². The molecule has 5 nitrogen and oxygen atoms in total. The summed E-state index contributed by atoms with van der Waals surface area (Å²) in [6.07, 6.45) is -0.480. The molecule has 25 heavy (non-hydrogen) atoms. The van der Waals surface area contributed by atoms with Gasteiger partial charge in [-0.15, -0.1) is 11.3 Å². The van der Waals surface area contributed by atoms with Crippen LogP contribution in [0, 0.1) is 23.4 Å². The number of benzene rings is 1. The smallest absolute Gasteiger partial charge is 0.303 e. The highest BCUT2D eigenvalue weighted by Gasteiger charge is 2.21. The zero-order valence-corrected chi connectivity index (χ0v) is 14.5. The van der Waals surface area contributed by atoms with Gasteiger partial charge in [0.05, 0.1) is 17.7 Å². The third-order valence-electron chi connectivity index (χ3n) is 3.38. The lowest BCUT2D eigenvalue weighted by molar-refractivity contribution is -0.141. The van der Waals surface area contributed by atoms with E-state index in [4.69, 9.17) is 5.11 Å². The van der Waals surface area contributed by atoms with Gasteiger partial charge in [0.15, 0.2) is 11.6 Å². The van der Waals surface area contributed by atoms with Crippen molar-refractivity contribution in [3.8, 4) is 0 Å². The number of aromatic nitrogens is 1. The second kappa shape index (κ2) is 7.81. The first-order valence-corrected chi connectivity index (χ1v) is 8.43. The number of rotatable bonds is 7. The lowest BCUT2D eigenvalue weighted by Crippen LogP contribution is -2.33. The predicted molar refractivity (Wildman–Crippen MR) is 86.6 cm³/mol. The zero-order valence-electron chi connectivity index (χ0n) is 13.7. The fourth-order valence-corrected chi connectivity index (χ4v) is 3.31. The molecule has 0 radical (unpaired) electrons. The van der Waals surface area contributed by atoms with Gasteiger partial charge >= 0.3 is 5.97 Å². The number of halogens is 3. The molecule has 2 aromatic rings. The first-order chi connectivity index (χ1) is 11.7. The van der Waals surface area contributed by atoms with E-state index in [2.05, 4.69) is 4.98 Å². The fourth-order valence-electron chi connectivity index (χ4n) is 2.33. The third kappa shape index (κ3) is 4.68. The van der Waals surface area contributed by atoms with Gasteiger partial charge in [-0.1, -0.05) is 13.8 Å². The van der Waals surface area contributed by atoms with E-state index in [0.717, 1.165) is 11.3 Å². The van der Waals surface area contributed by atoms with Crippen LogP contribution in [0.4, 0.5) is 13.2 Å². The van der Waals surface area contributed by atoms with E-state index in [1.165, 1.54) is 4.90 Å². The number of hydrogen-bond donors (Lipinski definition) is 1. The molecule has 1 amide bonds. The number of carbonyl (C=O) groups excluding carboxylic acids is 1. The van der Waals surface area contributed by atoms with Crippen LogP contribution >= 0.6 is 11.3 Å². The highest BCUT2D eigenvalue weighted by molar-refractivity contribution is 7.18. The molecule has 1 N–H and O–H groups in total. The van der Waals surface area contributed by atoms with E-state index in [1.54, 1.807) is 0 Å². The van der Waals surface area contributed by atoms with Crippen molar-refractivity contribution >= 4 is 33.4 Å². The SMILES string of the molecule is CC(C)CN(Cc1nc2c(F)c(F)cc(F)c2s1)C(=O)CCC(=O)O. The van der Waals surface area contributed by atoms with Crippen molar-refractivity contribution in [3.05, 3.63) is 28.5 Å². The molecule has 1 aromatic heterocycles. The highest BCUT2D eigenvalue weighted by Crippen LogP contribution is 2.29. The van der Waals surface area contributed by atoms with Crippen molar-refractivity contribution < 1.29 is 27.9 Å². The average Bonchev–Trinajstić information content (AvgIpc) is 2.94. The number of aliphatic carboxylic acids is 1. The Morgan fingerprint density at radius 1 is 1.24 bits per heavy atom. The first-order valence-electron chi connectivity index (χ1n) is 7.61. The van der Waals surface area contributed by atoms with Gasteiger partial charge in [0.2, 0.25) is 5.91 Å². The highest BCUT2D eigenvalue weighted by atomic mass is 32.1. The van der Waals surface area contributed by atoms with Crippen LogP contribution in [0.2, 0.25) is 0 Å². The summed E-state index contributed by atoms with van der Waals surface area (Å²) in [5.74, 6) is -4.83. The molecule has 0 unspecified atom stereocenters. The summed E-state index contributed by atoms with van der Waals surface area (Å²) in [6.45, 7) is 4.08. The summed E-state index contributed by atoms with van der Waals surface area (Å²) < 4.78 is 40.7. The van der Waals surface area contributed by atoms with Crippen LogP contribution in [0.1, 0.15) is 31.7 Å². The van der Waals surface area contributed by atoms with E-state index in [0.29, 0.717) is 12.6 Å². The van der Waals surface area contributed by atoms with Crippen molar-refractivity contribution in [2.24, 2.45) is 5.92 Å². The Balaban J connectivity index is 2.27. The standard InChI is InChI=1S/C16H17F3N2O3S/c1-8(2)6-21(12(22)3-4-13(23)24)7-11-20-15-14(19)9(17)5-10(18)16(15)25-11/h5,8H,3-4,6-7H2,1-2H3,(H,23,24). The Morgan fingerprint density at radius 3 is 2.52 bits per heavy atom. The minimum absolute atomic E-state index is 0.0174. The van der Waals surface area contributed by atoms with Gasteiger partial charge in [0, 0.05) is 19.0 Å². The van der Waals surface area contributed by atoms with Gasteiger partial charge in [-0.2, -0.15) is 0 Å². The molecule has 9 heteroatoms. The van der Waals surface area contributed by atoms with Gasteiger partial charge in [0.1, 0.15) is 16.3 Å². The lowest BCUT2D eigenvalue weighted by atomic mass is 10.2. The predicted octanol–water partition coefficient (Wildman–Crippen LogP) is 3.56. The molecule has 0 aliphatic carbocycles. The van der Waals surface area contributed by atoms with E-state index < -0.39 is 28.9 Å². The average molecular weight is 374 g/mol. The van der Waals surface area contributed by atoms with Crippen molar-refractivity contribution in [3.63, 3.8) is 0 Å². The minimum Gasteiger partial charge on any atom is -0.481 e. The Morgan fingerprint density at radius 2 is 1.92 bits per heavy atom. The number of thiazole rings is 1. The van der Waals surface area contributed by atoms with E-state index in [9.17, 15) is 22.8 Å².